The Kier molecular flexibility index (Phi) is 6.46. The highest BCUT2D eigenvalue weighted by atomic mass is 32.2. The number of aromatic nitrogens is 2. The molecule has 1 aromatic carbocycles. The molecule has 3 heterocycles. The molecule has 0 bridgehead atoms. The predicted octanol–water partition coefficient (Wildman–Crippen LogP) is 3.66. The third-order valence-electron chi connectivity index (χ3n) is 5.55. The number of hydrogen-bond acceptors (Lipinski definition) is 8. The Labute approximate surface area is 195 Å². The van der Waals surface area contributed by atoms with Crippen LogP contribution in [0.25, 0.3) is 10.7 Å². The molecule has 0 aliphatic carbocycles. The molecule has 0 saturated carbocycles. The first-order valence-corrected chi connectivity index (χ1v) is 12.7. The number of carbonyl (C=O) groups excluding carboxylic acids is 2. The average molecular weight is 489 g/mol. The second-order valence-electron chi connectivity index (χ2n) is 7.99. The van der Waals surface area contributed by atoms with E-state index in [0.29, 0.717) is 52.1 Å². The van der Waals surface area contributed by atoms with Gasteiger partial charge in [0.1, 0.15) is 0 Å². The van der Waals surface area contributed by atoms with Gasteiger partial charge in [-0.05, 0) is 57.0 Å². The smallest absolute Gasteiger partial charge is 0.244 e. The van der Waals surface area contributed by atoms with E-state index in [1.807, 2.05) is 0 Å². The highest BCUT2D eigenvalue weighted by molar-refractivity contribution is 7.89. The quantitative estimate of drug-likeness (QED) is 0.525. The Morgan fingerprint density at radius 2 is 1.94 bits per heavy atom. The van der Waals surface area contributed by atoms with Crippen LogP contribution in [0.15, 0.2) is 39.8 Å². The maximum absolute atomic E-state index is 13.4. The molecule has 33 heavy (non-hydrogen) atoms. The second-order valence-corrected chi connectivity index (χ2v) is 11.2. The Bertz CT molecular complexity index is 1290. The van der Waals surface area contributed by atoms with E-state index in [9.17, 15) is 18.0 Å². The van der Waals surface area contributed by atoms with Crippen molar-refractivity contribution < 1.29 is 22.5 Å². The number of anilines is 1. The monoisotopic (exact) mass is 488 g/mol. The van der Waals surface area contributed by atoms with Crippen molar-refractivity contribution >= 4 is 38.7 Å². The number of carbonyl (C=O) groups is 2. The van der Waals surface area contributed by atoms with E-state index < -0.39 is 15.9 Å². The first-order chi connectivity index (χ1) is 15.6. The summed E-state index contributed by atoms with van der Waals surface area (Å²) < 4.78 is 33.2. The fourth-order valence-electron chi connectivity index (χ4n) is 3.78. The van der Waals surface area contributed by atoms with Gasteiger partial charge in [0.15, 0.2) is 5.78 Å². The minimum Gasteiger partial charge on any atom is -0.339 e. The molecule has 0 unspecified atom stereocenters. The van der Waals surface area contributed by atoms with Gasteiger partial charge < -0.3 is 9.84 Å². The molecule has 1 saturated heterocycles. The van der Waals surface area contributed by atoms with Gasteiger partial charge in [-0.3, -0.25) is 9.59 Å². The van der Waals surface area contributed by atoms with Gasteiger partial charge in [-0.15, -0.1) is 11.3 Å². The van der Waals surface area contributed by atoms with Crippen LogP contribution in [-0.4, -0.2) is 47.6 Å². The van der Waals surface area contributed by atoms with E-state index >= 15 is 0 Å². The first kappa shape index (κ1) is 23.3. The molecule has 1 atom stereocenters. The lowest BCUT2D eigenvalue weighted by Crippen LogP contribution is -2.43. The predicted molar refractivity (Wildman–Crippen MR) is 124 cm³/mol. The zero-order chi connectivity index (χ0) is 23.8. The number of hydrogen-bond donors (Lipinski definition) is 1. The maximum atomic E-state index is 13.4. The highest BCUT2D eigenvalue weighted by Gasteiger charge is 2.35. The van der Waals surface area contributed by atoms with Crippen molar-refractivity contribution in [3.05, 3.63) is 46.7 Å². The number of nitrogens with one attached hydrogen (secondary N) is 1. The van der Waals surface area contributed by atoms with Crippen molar-refractivity contribution in [3.63, 3.8) is 0 Å². The van der Waals surface area contributed by atoms with Crippen molar-refractivity contribution in [2.45, 2.75) is 38.5 Å². The van der Waals surface area contributed by atoms with Crippen LogP contribution in [0, 0.1) is 19.8 Å². The number of Topliss-reactive ketones (excluding diaryl/α,β-unsaturated/α-hetero) is 1. The zero-order valence-corrected chi connectivity index (χ0v) is 20.1. The molecule has 2 aromatic heterocycles. The summed E-state index contributed by atoms with van der Waals surface area (Å²) in [5.41, 5.74) is 1.13. The number of ketones is 1. The van der Waals surface area contributed by atoms with Crippen molar-refractivity contribution in [1.29, 1.82) is 0 Å². The molecule has 174 valence electrons. The van der Waals surface area contributed by atoms with Crippen molar-refractivity contribution in [2.75, 3.05) is 18.4 Å². The summed E-state index contributed by atoms with van der Waals surface area (Å²) in [5, 5.41) is 6.70. The molecule has 3 aromatic rings. The summed E-state index contributed by atoms with van der Waals surface area (Å²) in [5.74, 6) is -0.00729. The summed E-state index contributed by atoms with van der Waals surface area (Å²) in [4.78, 5) is 29.9. The van der Waals surface area contributed by atoms with Gasteiger partial charge in [0.05, 0.1) is 15.7 Å². The van der Waals surface area contributed by atoms with Crippen LogP contribution in [-0.2, 0) is 14.8 Å². The van der Waals surface area contributed by atoms with Crippen LogP contribution in [0.3, 0.4) is 0 Å². The molecule has 1 amide bonds. The Hall–Kier alpha value is -2.89. The number of piperidine rings is 1. The summed E-state index contributed by atoms with van der Waals surface area (Å²) in [6.45, 7) is 5.35. The van der Waals surface area contributed by atoms with Crippen molar-refractivity contribution in [3.8, 4) is 10.7 Å². The van der Waals surface area contributed by atoms with Gasteiger partial charge in [0.2, 0.25) is 27.6 Å². The molecule has 0 radical (unpaired) electrons. The van der Waals surface area contributed by atoms with Crippen LogP contribution in [0.5, 0.6) is 0 Å². The number of nitrogens with zero attached hydrogens (tertiary/aromatic N) is 3. The SMILES string of the molecule is CC(=O)c1ccc(NC(=O)[C@@H]2CCCN(S(=O)(=O)c3cc(-c4noc(C)n4)sc3C)C2)cc1. The summed E-state index contributed by atoms with van der Waals surface area (Å²) >= 11 is 1.29. The minimum absolute atomic E-state index is 0.0534. The van der Waals surface area contributed by atoms with Crippen LogP contribution in [0.4, 0.5) is 5.69 Å². The maximum Gasteiger partial charge on any atom is 0.244 e. The molecule has 4 rings (SSSR count). The number of sulfonamides is 1. The van der Waals surface area contributed by atoms with Gasteiger partial charge in [-0.2, -0.15) is 9.29 Å². The van der Waals surface area contributed by atoms with Gasteiger partial charge in [-0.25, -0.2) is 8.42 Å². The van der Waals surface area contributed by atoms with E-state index in [1.165, 1.54) is 22.6 Å². The lowest BCUT2D eigenvalue weighted by molar-refractivity contribution is -0.120. The summed E-state index contributed by atoms with van der Waals surface area (Å²) in [6.07, 6.45) is 1.18. The Balaban J connectivity index is 1.49. The van der Waals surface area contributed by atoms with Gasteiger partial charge in [0, 0.05) is 36.1 Å². The molecule has 11 heteroatoms. The fraction of sp³-hybridized carbons (Fsp3) is 0.364. The molecule has 0 spiro atoms. The van der Waals surface area contributed by atoms with E-state index in [0.717, 1.165) is 0 Å². The standard InChI is InChI=1S/C22H24N4O5S2/c1-13(27)16-6-8-18(9-7-16)24-22(28)17-5-4-10-26(12-17)33(29,30)20-11-19(32-14(20)2)21-23-15(3)31-25-21/h6-9,11,17H,4-5,10,12H2,1-3H3,(H,24,28)/t17-/m1/s1. The number of benzene rings is 1. The van der Waals surface area contributed by atoms with E-state index in [-0.39, 0.29) is 23.1 Å². The van der Waals surface area contributed by atoms with Gasteiger partial charge in [-0.1, -0.05) is 5.16 Å². The Morgan fingerprint density at radius 3 is 2.58 bits per heavy atom. The van der Waals surface area contributed by atoms with Crippen LogP contribution < -0.4 is 5.32 Å². The Morgan fingerprint density at radius 1 is 1.21 bits per heavy atom. The van der Waals surface area contributed by atoms with E-state index in [1.54, 1.807) is 44.2 Å². The lowest BCUT2D eigenvalue weighted by Gasteiger charge is -2.31. The topological polar surface area (TPSA) is 122 Å². The lowest BCUT2D eigenvalue weighted by atomic mass is 9.98. The number of amides is 1. The average Bonchev–Trinajstić information content (AvgIpc) is 3.40. The summed E-state index contributed by atoms with van der Waals surface area (Å²) in [6, 6.07) is 8.21. The number of aryl methyl sites for hydroxylation is 2. The molecular formula is C22H24N4O5S2. The molecule has 1 aliphatic heterocycles. The first-order valence-electron chi connectivity index (χ1n) is 10.5. The van der Waals surface area contributed by atoms with Gasteiger partial charge >= 0.3 is 0 Å². The van der Waals surface area contributed by atoms with Gasteiger partial charge in [0.25, 0.3) is 0 Å². The third kappa shape index (κ3) is 4.90. The van der Waals surface area contributed by atoms with Crippen LogP contribution >= 0.6 is 11.3 Å². The van der Waals surface area contributed by atoms with Crippen LogP contribution in [0.2, 0.25) is 0 Å². The largest absolute Gasteiger partial charge is 0.339 e. The normalized spacial score (nSPS) is 17.1. The van der Waals surface area contributed by atoms with Crippen LogP contribution in [0.1, 0.15) is 40.9 Å². The number of thiophene rings is 1. The van der Waals surface area contributed by atoms with Crippen molar-refractivity contribution in [2.24, 2.45) is 5.92 Å². The molecular weight excluding hydrogens is 464 g/mol. The third-order valence-corrected chi connectivity index (χ3v) is 8.72. The van der Waals surface area contributed by atoms with Crippen molar-refractivity contribution in [1.82, 2.24) is 14.4 Å². The molecule has 9 nitrogen and oxygen atoms in total. The summed E-state index contributed by atoms with van der Waals surface area (Å²) in [7, 11) is -3.79. The second kappa shape index (κ2) is 9.16. The zero-order valence-electron chi connectivity index (χ0n) is 18.5. The van der Waals surface area contributed by atoms with E-state index in [4.69, 9.17) is 4.52 Å². The molecule has 1 aliphatic rings. The minimum atomic E-state index is -3.79. The highest BCUT2D eigenvalue weighted by Crippen LogP contribution is 2.35. The fourth-order valence-corrected chi connectivity index (χ4v) is 6.79. The number of rotatable bonds is 6. The molecule has 1 fully saturated rings. The molecule has 1 N–H and O–H groups in total. The van der Waals surface area contributed by atoms with E-state index in [2.05, 4.69) is 15.5 Å².